The van der Waals surface area contributed by atoms with E-state index in [1.54, 1.807) is 19.4 Å². The van der Waals surface area contributed by atoms with Gasteiger partial charge in [-0.1, -0.05) is 0 Å². The molecule has 2 rings (SSSR count). The number of aromatic amines is 1. The van der Waals surface area contributed by atoms with Crippen molar-refractivity contribution >= 4 is 5.91 Å². The molecule has 0 spiro atoms. The number of aromatic nitrogens is 3. The maximum Gasteiger partial charge on any atom is 0.271 e. The summed E-state index contributed by atoms with van der Waals surface area (Å²) in [5.41, 5.74) is 1.97. The first-order chi connectivity index (χ1) is 8.59. The van der Waals surface area contributed by atoms with Gasteiger partial charge in [-0.3, -0.25) is 24.4 Å². The Morgan fingerprint density at radius 3 is 2.72 bits per heavy atom. The fraction of sp³-hybridized carbons (Fsp3) is 0.250. The zero-order chi connectivity index (χ0) is 13.1. The quantitative estimate of drug-likeness (QED) is 0.823. The van der Waals surface area contributed by atoms with Crippen molar-refractivity contribution in [1.29, 1.82) is 0 Å². The van der Waals surface area contributed by atoms with E-state index in [0.29, 0.717) is 11.3 Å². The van der Waals surface area contributed by atoms with E-state index < -0.39 is 0 Å². The zero-order valence-electron chi connectivity index (χ0n) is 10.2. The Balaban J connectivity index is 2.45. The van der Waals surface area contributed by atoms with Crippen molar-refractivity contribution in [2.75, 3.05) is 0 Å². The predicted octanol–water partition coefficient (Wildman–Crippen LogP) is 0.412. The molecule has 0 aromatic carbocycles. The molecule has 0 saturated heterocycles. The molecule has 2 heterocycles. The van der Waals surface area contributed by atoms with Crippen molar-refractivity contribution in [2.45, 2.75) is 13.5 Å². The molecule has 6 nitrogen and oxygen atoms in total. The van der Waals surface area contributed by atoms with Gasteiger partial charge in [0.2, 0.25) is 5.91 Å². The zero-order valence-corrected chi connectivity index (χ0v) is 10.2. The molecule has 0 fully saturated rings. The summed E-state index contributed by atoms with van der Waals surface area (Å²) in [6, 6.07) is 3.62. The number of nitrogens with zero attached hydrogens (tertiary/aromatic N) is 2. The third-order valence-corrected chi connectivity index (χ3v) is 2.63. The van der Waals surface area contributed by atoms with Gasteiger partial charge in [0.1, 0.15) is 0 Å². The maximum atomic E-state index is 11.9. The number of hydrogen-bond donors (Lipinski definition) is 2. The van der Waals surface area contributed by atoms with Crippen LogP contribution in [0.2, 0.25) is 0 Å². The van der Waals surface area contributed by atoms with Crippen molar-refractivity contribution in [3.63, 3.8) is 0 Å². The molecule has 0 aliphatic rings. The Labute approximate surface area is 104 Å². The van der Waals surface area contributed by atoms with E-state index >= 15 is 0 Å². The summed E-state index contributed by atoms with van der Waals surface area (Å²) in [5, 5.41) is 5.62. The van der Waals surface area contributed by atoms with E-state index in [1.807, 2.05) is 12.1 Å². The molecule has 2 N–H and O–H groups in total. The number of rotatable bonds is 3. The fourth-order valence-corrected chi connectivity index (χ4v) is 1.73. The minimum Gasteiger partial charge on any atom is -0.352 e. The smallest absolute Gasteiger partial charge is 0.271 e. The summed E-state index contributed by atoms with van der Waals surface area (Å²) in [7, 11) is 1.64. The molecule has 0 bridgehead atoms. The van der Waals surface area contributed by atoms with E-state index in [4.69, 9.17) is 0 Å². The second-order valence-electron chi connectivity index (χ2n) is 3.98. The van der Waals surface area contributed by atoms with Gasteiger partial charge < -0.3 is 5.32 Å². The van der Waals surface area contributed by atoms with Crippen LogP contribution in [0.1, 0.15) is 12.5 Å². The van der Waals surface area contributed by atoms with Crippen LogP contribution in [0, 0.1) is 0 Å². The Morgan fingerprint density at radius 2 is 2.11 bits per heavy atom. The van der Waals surface area contributed by atoms with Crippen LogP contribution in [0.4, 0.5) is 0 Å². The molecular weight excluding hydrogens is 232 g/mol. The fourth-order valence-electron chi connectivity index (χ4n) is 1.73. The predicted molar refractivity (Wildman–Crippen MR) is 66.8 cm³/mol. The van der Waals surface area contributed by atoms with Crippen LogP contribution in [0.25, 0.3) is 11.3 Å². The number of carbonyl (C=O) groups is 1. The lowest BCUT2D eigenvalue weighted by atomic mass is 10.1. The Morgan fingerprint density at radius 1 is 1.44 bits per heavy atom. The van der Waals surface area contributed by atoms with Gasteiger partial charge in [-0.15, -0.1) is 0 Å². The first-order valence-electron chi connectivity index (χ1n) is 5.52. The average molecular weight is 246 g/mol. The van der Waals surface area contributed by atoms with Gasteiger partial charge in [-0.2, -0.15) is 0 Å². The van der Waals surface area contributed by atoms with Crippen LogP contribution in [0.5, 0.6) is 0 Å². The summed E-state index contributed by atoms with van der Waals surface area (Å²) in [6.07, 6.45) is 3.31. The van der Waals surface area contributed by atoms with Gasteiger partial charge in [-0.25, -0.2) is 0 Å². The van der Waals surface area contributed by atoms with Gasteiger partial charge in [0, 0.05) is 31.9 Å². The highest BCUT2D eigenvalue weighted by atomic mass is 16.1. The molecule has 2 aromatic heterocycles. The average Bonchev–Trinajstić information content (AvgIpc) is 2.64. The lowest BCUT2D eigenvalue weighted by Crippen LogP contribution is -2.24. The Bertz CT molecular complexity index is 613. The van der Waals surface area contributed by atoms with E-state index in [9.17, 15) is 9.59 Å². The van der Waals surface area contributed by atoms with Crippen LogP contribution in [-0.4, -0.2) is 20.7 Å². The molecule has 94 valence electrons. The lowest BCUT2D eigenvalue weighted by Gasteiger charge is -2.02. The number of H-pyrrole nitrogens is 1. The first-order valence-corrected chi connectivity index (χ1v) is 5.52. The van der Waals surface area contributed by atoms with Crippen LogP contribution >= 0.6 is 0 Å². The maximum absolute atomic E-state index is 11.9. The summed E-state index contributed by atoms with van der Waals surface area (Å²) < 4.78 is 1.40. The second-order valence-corrected chi connectivity index (χ2v) is 3.98. The summed E-state index contributed by atoms with van der Waals surface area (Å²) in [6.45, 7) is 1.63. The summed E-state index contributed by atoms with van der Waals surface area (Å²) >= 11 is 0. The van der Waals surface area contributed by atoms with Gasteiger partial charge in [0.15, 0.2) is 0 Å². The molecule has 0 saturated carbocycles. The molecule has 0 atom stereocenters. The van der Waals surface area contributed by atoms with Crippen LogP contribution < -0.4 is 10.9 Å². The highest BCUT2D eigenvalue weighted by molar-refractivity contribution is 5.73. The molecule has 18 heavy (non-hydrogen) atoms. The van der Waals surface area contributed by atoms with Crippen molar-refractivity contribution < 1.29 is 4.79 Å². The standard InChI is InChI=1S/C12H14N4O2/c1-8(17)14-7-10-11(15-16(2)12(10)18)9-3-5-13-6-4-9/h3-6,15H,7H2,1-2H3,(H,14,17). The largest absolute Gasteiger partial charge is 0.352 e. The number of hydrogen-bond acceptors (Lipinski definition) is 3. The minimum absolute atomic E-state index is 0.143. The van der Waals surface area contributed by atoms with Gasteiger partial charge in [0.05, 0.1) is 17.8 Å². The number of nitrogens with one attached hydrogen (secondary N) is 2. The van der Waals surface area contributed by atoms with E-state index in [2.05, 4.69) is 15.4 Å². The van der Waals surface area contributed by atoms with Crippen LogP contribution in [0.3, 0.4) is 0 Å². The monoisotopic (exact) mass is 246 g/mol. The van der Waals surface area contributed by atoms with Crippen molar-refractivity contribution in [3.05, 3.63) is 40.4 Å². The lowest BCUT2D eigenvalue weighted by molar-refractivity contribution is -0.119. The number of aryl methyl sites for hydroxylation is 1. The van der Waals surface area contributed by atoms with E-state index in [1.165, 1.54) is 11.6 Å². The molecule has 0 aliphatic carbocycles. The van der Waals surface area contributed by atoms with Gasteiger partial charge in [-0.05, 0) is 12.1 Å². The molecule has 0 radical (unpaired) electrons. The van der Waals surface area contributed by atoms with Gasteiger partial charge in [0.25, 0.3) is 5.56 Å². The molecular formula is C12H14N4O2. The van der Waals surface area contributed by atoms with Crippen LogP contribution in [0.15, 0.2) is 29.3 Å². The van der Waals surface area contributed by atoms with Crippen LogP contribution in [-0.2, 0) is 18.4 Å². The SMILES string of the molecule is CC(=O)NCc1c(-c2ccncc2)[nH]n(C)c1=O. The Hall–Kier alpha value is -2.37. The number of pyridine rings is 1. The second kappa shape index (κ2) is 4.87. The highest BCUT2D eigenvalue weighted by Gasteiger charge is 2.14. The molecule has 1 amide bonds. The molecule has 0 aliphatic heterocycles. The van der Waals surface area contributed by atoms with Crippen molar-refractivity contribution in [1.82, 2.24) is 20.1 Å². The summed E-state index contributed by atoms with van der Waals surface area (Å²) in [4.78, 5) is 26.8. The normalized spacial score (nSPS) is 10.3. The van der Waals surface area contributed by atoms with Crippen molar-refractivity contribution in [2.24, 2.45) is 7.05 Å². The van der Waals surface area contributed by atoms with E-state index in [-0.39, 0.29) is 18.0 Å². The first kappa shape index (κ1) is 12.1. The summed E-state index contributed by atoms with van der Waals surface area (Å²) in [5.74, 6) is -0.168. The van der Waals surface area contributed by atoms with E-state index in [0.717, 1.165) is 5.56 Å². The van der Waals surface area contributed by atoms with Crippen molar-refractivity contribution in [3.8, 4) is 11.3 Å². The minimum atomic E-state index is -0.168. The molecule has 6 heteroatoms. The molecule has 0 unspecified atom stereocenters. The number of amides is 1. The Kier molecular flexibility index (Phi) is 3.27. The third-order valence-electron chi connectivity index (χ3n) is 2.63. The third kappa shape index (κ3) is 2.32. The topological polar surface area (TPSA) is 79.8 Å². The van der Waals surface area contributed by atoms with Gasteiger partial charge >= 0.3 is 0 Å². The number of carbonyl (C=O) groups excluding carboxylic acids is 1. The highest BCUT2D eigenvalue weighted by Crippen LogP contribution is 2.18. The molecule has 2 aromatic rings.